The van der Waals surface area contributed by atoms with Gasteiger partial charge in [0.1, 0.15) is 5.75 Å². The number of benzene rings is 1. The van der Waals surface area contributed by atoms with Crippen LogP contribution >= 0.6 is 0 Å². The third-order valence-electron chi connectivity index (χ3n) is 2.84. The average molecular weight is 285 g/mol. The van der Waals surface area contributed by atoms with Crippen molar-refractivity contribution in [3.63, 3.8) is 0 Å². The van der Waals surface area contributed by atoms with Crippen LogP contribution in [0.4, 0.5) is 13.2 Å². The Hall–Kier alpha value is -2.02. The first-order valence-electron chi connectivity index (χ1n) is 6.03. The van der Waals surface area contributed by atoms with Crippen LogP contribution < -0.4 is 10.5 Å². The van der Waals surface area contributed by atoms with E-state index in [0.29, 0.717) is 12.1 Å². The van der Waals surface area contributed by atoms with Crippen molar-refractivity contribution in [1.29, 1.82) is 0 Å². The number of hydrogen-bond acceptors (Lipinski definition) is 3. The molecule has 4 nitrogen and oxygen atoms in total. The van der Waals surface area contributed by atoms with Crippen LogP contribution in [-0.4, -0.2) is 16.1 Å². The molecular formula is C13H14F3N3O. The van der Waals surface area contributed by atoms with E-state index < -0.39 is 12.4 Å². The van der Waals surface area contributed by atoms with E-state index in [1.807, 2.05) is 6.92 Å². The summed E-state index contributed by atoms with van der Waals surface area (Å²) in [7, 11) is 0. The topological polar surface area (TPSA) is 53.1 Å². The van der Waals surface area contributed by atoms with Crippen molar-refractivity contribution in [3.05, 3.63) is 47.8 Å². The molecule has 1 aromatic carbocycles. The maximum absolute atomic E-state index is 12.1. The third-order valence-corrected chi connectivity index (χ3v) is 2.84. The van der Waals surface area contributed by atoms with Crippen molar-refractivity contribution in [2.75, 3.05) is 0 Å². The van der Waals surface area contributed by atoms with Gasteiger partial charge in [-0.25, -0.2) is 0 Å². The lowest BCUT2D eigenvalue weighted by molar-refractivity contribution is -0.274. The molecule has 0 saturated heterocycles. The molecule has 2 rings (SSSR count). The molecule has 1 aromatic heterocycles. The van der Waals surface area contributed by atoms with Gasteiger partial charge in [-0.1, -0.05) is 12.1 Å². The summed E-state index contributed by atoms with van der Waals surface area (Å²) < 4.78 is 41.7. The Morgan fingerprint density at radius 1 is 1.25 bits per heavy atom. The summed E-state index contributed by atoms with van der Waals surface area (Å²) in [6.07, 6.45) is -3.05. The minimum Gasteiger partial charge on any atom is -0.406 e. The van der Waals surface area contributed by atoms with Crippen LogP contribution in [0.15, 0.2) is 36.5 Å². The second-order valence-electron chi connectivity index (χ2n) is 4.17. The molecule has 0 aliphatic heterocycles. The molecule has 0 amide bonds. The Bertz CT molecular complexity index is 563. The first-order valence-corrected chi connectivity index (χ1v) is 6.03. The van der Waals surface area contributed by atoms with E-state index in [1.165, 1.54) is 24.3 Å². The molecule has 1 heterocycles. The number of aryl methyl sites for hydroxylation is 1. The van der Waals surface area contributed by atoms with Gasteiger partial charge in [0.05, 0.1) is 11.7 Å². The summed E-state index contributed by atoms with van der Waals surface area (Å²) in [5.74, 6) is -0.266. The third kappa shape index (κ3) is 3.30. The highest BCUT2D eigenvalue weighted by molar-refractivity contribution is 5.33. The predicted octanol–water partition coefficient (Wildman–Crippen LogP) is 2.85. The van der Waals surface area contributed by atoms with Crippen LogP contribution in [-0.2, 0) is 6.54 Å². The fourth-order valence-corrected chi connectivity index (χ4v) is 1.92. The Balaban J connectivity index is 2.17. The van der Waals surface area contributed by atoms with E-state index in [1.54, 1.807) is 16.9 Å². The zero-order chi connectivity index (χ0) is 14.8. The lowest BCUT2D eigenvalue weighted by atomic mass is 10.0. The summed E-state index contributed by atoms with van der Waals surface area (Å²) in [6.45, 7) is 2.61. The molecule has 0 aliphatic carbocycles. The van der Waals surface area contributed by atoms with E-state index in [4.69, 9.17) is 5.73 Å². The quantitative estimate of drug-likeness (QED) is 0.939. The van der Waals surface area contributed by atoms with Gasteiger partial charge in [0, 0.05) is 12.7 Å². The molecular weight excluding hydrogens is 271 g/mol. The lowest BCUT2D eigenvalue weighted by Crippen LogP contribution is -2.18. The first-order chi connectivity index (χ1) is 9.40. The molecule has 20 heavy (non-hydrogen) atoms. The van der Waals surface area contributed by atoms with Crippen LogP contribution in [0.2, 0.25) is 0 Å². The Labute approximate surface area is 114 Å². The van der Waals surface area contributed by atoms with E-state index in [9.17, 15) is 13.2 Å². The van der Waals surface area contributed by atoms with Gasteiger partial charge in [-0.3, -0.25) is 4.68 Å². The second kappa shape index (κ2) is 5.54. The number of nitrogens with two attached hydrogens (primary N) is 1. The molecule has 1 atom stereocenters. The van der Waals surface area contributed by atoms with Crippen LogP contribution in [0.5, 0.6) is 5.75 Å². The molecule has 7 heteroatoms. The summed E-state index contributed by atoms with van der Waals surface area (Å²) in [6, 6.07) is 6.86. The fraction of sp³-hybridized carbons (Fsp3) is 0.308. The second-order valence-corrected chi connectivity index (χ2v) is 4.17. The van der Waals surface area contributed by atoms with Gasteiger partial charge in [0.2, 0.25) is 0 Å². The molecule has 0 bridgehead atoms. The minimum absolute atomic E-state index is 0.266. The van der Waals surface area contributed by atoms with E-state index in [2.05, 4.69) is 9.84 Å². The summed E-state index contributed by atoms with van der Waals surface area (Å²) >= 11 is 0. The van der Waals surface area contributed by atoms with Gasteiger partial charge in [-0.15, -0.1) is 13.2 Å². The largest absolute Gasteiger partial charge is 0.573 e. The van der Waals surface area contributed by atoms with Gasteiger partial charge >= 0.3 is 6.36 Å². The SMILES string of the molecule is CCn1nccc1C(N)c1ccc(OC(F)(F)F)cc1. The summed E-state index contributed by atoms with van der Waals surface area (Å²) in [5, 5.41) is 4.11. The zero-order valence-corrected chi connectivity index (χ0v) is 10.8. The normalized spacial score (nSPS) is 13.2. The van der Waals surface area contributed by atoms with Crippen LogP contribution in [0.25, 0.3) is 0 Å². The lowest BCUT2D eigenvalue weighted by Gasteiger charge is -2.15. The number of aromatic nitrogens is 2. The van der Waals surface area contributed by atoms with Crippen molar-refractivity contribution in [3.8, 4) is 5.75 Å². The number of alkyl halides is 3. The number of ether oxygens (including phenoxy) is 1. The zero-order valence-electron chi connectivity index (χ0n) is 10.8. The molecule has 0 saturated carbocycles. The molecule has 2 aromatic rings. The van der Waals surface area contributed by atoms with E-state index in [-0.39, 0.29) is 5.75 Å². The van der Waals surface area contributed by atoms with Crippen molar-refractivity contribution >= 4 is 0 Å². The molecule has 108 valence electrons. The number of hydrogen-bond donors (Lipinski definition) is 1. The van der Waals surface area contributed by atoms with Crippen molar-refractivity contribution in [1.82, 2.24) is 9.78 Å². The monoisotopic (exact) mass is 285 g/mol. The van der Waals surface area contributed by atoms with Gasteiger partial charge < -0.3 is 10.5 Å². The summed E-state index contributed by atoms with van der Waals surface area (Å²) in [4.78, 5) is 0. The Morgan fingerprint density at radius 2 is 1.90 bits per heavy atom. The van der Waals surface area contributed by atoms with Crippen molar-refractivity contribution in [2.45, 2.75) is 25.9 Å². The van der Waals surface area contributed by atoms with Gasteiger partial charge in [0.25, 0.3) is 0 Å². The highest BCUT2D eigenvalue weighted by Gasteiger charge is 2.31. The molecule has 0 spiro atoms. The van der Waals surface area contributed by atoms with Gasteiger partial charge in [-0.2, -0.15) is 5.10 Å². The molecule has 2 N–H and O–H groups in total. The van der Waals surface area contributed by atoms with E-state index >= 15 is 0 Å². The highest BCUT2D eigenvalue weighted by Crippen LogP contribution is 2.25. The standard InChI is InChI=1S/C13H14F3N3O/c1-2-19-11(7-8-18-19)12(17)9-3-5-10(6-4-9)20-13(14,15)16/h3-8,12H,2,17H2,1H3. The number of halogens is 3. The minimum atomic E-state index is -4.69. The molecule has 0 fully saturated rings. The Morgan fingerprint density at radius 3 is 2.45 bits per heavy atom. The Kier molecular flexibility index (Phi) is 3.99. The summed E-state index contributed by atoms with van der Waals surface area (Å²) in [5.41, 5.74) is 7.58. The number of nitrogens with zero attached hydrogens (tertiary/aromatic N) is 2. The van der Waals surface area contributed by atoms with Crippen LogP contribution in [0, 0.1) is 0 Å². The first kappa shape index (κ1) is 14.4. The number of rotatable bonds is 4. The average Bonchev–Trinajstić information content (AvgIpc) is 2.85. The van der Waals surface area contributed by atoms with Gasteiger partial charge in [0.15, 0.2) is 0 Å². The molecule has 0 aliphatic rings. The smallest absolute Gasteiger partial charge is 0.406 e. The molecule has 0 radical (unpaired) electrons. The van der Waals surface area contributed by atoms with Crippen molar-refractivity contribution < 1.29 is 17.9 Å². The maximum Gasteiger partial charge on any atom is 0.573 e. The highest BCUT2D eigenvalue weighted by atomic mass is 19.4. The molecule has 1 unspecified atom stereocenters. The van der Waals surface area contributed by atoms with Crippen LogP contribution in [0.3, 0.4) is 0 Å². The van der Waals surface area contributed by atoms with Crippen molar-refractivity contribution in [2.24, 2.45) is 5.73 Å². The predicted molar refractivity (Wildman–Crippen MR) is 67.1 cm³/mol. The van der Waals surface area contributed by atoms with Crippen LogP contribution in [0.1, 0.15) is 24.2 Å². The maximum atomic E-state index is 12.1. The van der Waals surface area contributed by atoms with E-state index in [0.717, 1.165) is 5.69 Å². The van der Waals surface area contributed by atoms with Gasteiger partial charge in [-0.05, 0) is 30.7 Å². The fourth-order valence-electron chi connectivity index (χ4n) is 1.92.